The summed E-state index contributed by atoms with van der Waals surface area (Å²) in [4.78, 5) is 18.7. The Morgan fingerprint density at radius 2 is 2.27 bits per heavy atom. The molecule has 0 spiro atoms. The molecule has 0 amide bonds. The van der Waals surface area contributed by atoms with E-state index in [-0.39, 0.29) is 29.4 Å². The van der Waals surface area contributed by atoms with Gasteiger partial charge in [-0.2, -0.15) is 9.97 Å². The number of nitro groups is 1. The summed E-state index contributed by atoms with van der Waals surface area (Å²) in [7, 11) is 0. The summed E-state index contributed by atoms with van der Waals surface area (Å²) in [6.07, 6.45) is 2.81. The van der Waals surface area contributed by atoms with Crippen LogP contribution < -0.4 is 22.1 Å². The van der Waals surface area contributed by atoms with E-state index >= 15 is 0 Å². The Morgan fingerprint density at radius 3 is 2.91 bits per heavy atom. The maximum atomic E-state index is 11.2. The van der Waals surface area contributed by atoms with Gasteiger partial charge in [-0.3, -0.25) is 10.1 Å². The molecular weight excluding hydrogens is 290 g/mol. The molecule has 1 atom stereocenters. The van der Waals surface area contributed by atoms with Gasteiger partial charge in [0.15, 0.2) is 0 Å². The van der Waals surface area contributed by atoms with Crippen LogP contribution in [-0.4, -0.2) is 47.2 Å². The van der Waals surface area contributed by atoms with Gasteiger partial charge in [0.2, 0.25) is 17.6 Å². The van der Waals surface area contributed by atoms with E-state index in [1.54, 1.807) is 0 Å². The van der Waals surface area contributed by atoms with Crippen molar-refractivity contribution in [2.75, 3.05) is 42.6 Å². The van der Waals surface area contributed by atoms with Crippen LogP contribution in [0.2, 0.25) is 0 Å². The first-order chi connectivity index (χ1) is 10.6. The zero-order chi connectivity index (χ0) is 15.9. The maximum absolute atomic E-state index is 11.2. The Labute approximate surface area is 127 Å². The molecule has 122 valence electrons. The molecule has 1 aromatic rings. The van der Waals surface area contributed by atoms with Gasteiger partial charge < -0.3 is 26.8 Å². The predicted molar refractivity (Wildman–Crippen MR) is 81.4 cm³/mol. The summed E-state index contributed by atoms with van der Waals surface area (Å²) in [5.41, 5.74) is 9.13. The molecule has 0 saturated carbocycles. The number of rotatable bonds is 8. The average molecular weight is 312 g/mol. The van der Waals surface area contributed by atoms with Gasteiger partial charge in [-0.05, 0) is 12.8 Å². The summed E-state index contributed by atoms with van der Waals surface area (Å²) >= 11 is 0. The fraction of sp³-hybridized carbons (Fsp3) is 0.667. The van der Waals surface area contributed by atoms with Gasteiger partial charge >= 0.3 is 5.69 Å². The van der Waals surface area contributed by atoms with Crippen molar-refractivity contribution in [2.24, 2.45) is 0 Å². The van der Waals surface area contributed by atoms with Crippen molar-refractivity contribution in [2.45, 2.75) is 25.4 Å². The van der Waals surface area contributed by atoms with E-state index in [9.17, 15) is 10.1 Å². The van der Waals surface area contributed by atoms with E-state index in [4.69, 9.17) is 10.5 Å². The van der Waals surface area contributed by atoms with Gasteiger partial charge in [-0.1, -0.05) is 0 Å². The Morgan fingerprint density at radius 1 is 1.45 bits per heavy atom. The molecular formula is C12H22N7O3+. The molecule has 7 N–H and O–H groups in total. The number of nitrogens with zero attached hydrogens (tertiary/aromatic N) is 3. The largest absolute Gasteiger partial charge is 0.378 e. The first kappa shape index (κ1) is 16.2. The second-order valence-corrected chi connectivity index (χ2v) is 5.04. The van der Waals surface area contributed by atoms with Gasteiger partial charge in [0, 0.05) is 26.1 Å². The van der Waals surface area contributed by atoms with E-state index in [0.717, 1.165) is 32.4 Å². The molecule has 22 heavy (non-hydrogen) atoms. The highest BCUT2D eigenvalue weighted by molar-refractivity contribution is 5.69. The molecule has 10 heteroatoms. The van der Waals surface area contributed by atoms with Gasteiger partial charge in [-0.15, -0.1) is 0 Å². The standard InChI is InChI=1S/C12H21N7O3/c13-4-2-5-15-12-17-10(14)9(19(20)21)11(18-12)16-7-8-3-1-6-22-8/h8H,1-7,13H2,(H4,14,15,16,17,18)/p+1/t8-/m0/s1. The molecule has 1 aromatic heterocycles. The van der Waals surface area contributed by atoms with E-state index in [1.807, 2.05) is 0 Å². The number of nitrogens with one attached hydrogen (secondary N) is 2. The summed E-state index contributed by atoms with van der Waals surface area (Å²) in [5, 5.41) is 17.1. The van der Waals surface area contributed by atoms with Gasteiger partial charge in [0.25, 0.3) is 0 Å². The summed E-state index contributed by atoms with van der Waals surface area (Å²) < 4.78 is 5.49. The van der Waals surface area contributed by atoms with Crippen LogP contribution in [0.25, 0.3) is 0 Å². The Hall–Kier alpha value is -2.20. The van der Waals surface area contributed by atoms with E-state index < -0.39 is 4.92 Å². The molecule has 1 aliphatic rings. The monoisotopic (exact) mass is 312 g/mol. The lowest BCUT2D eigenvalue weighted by Crippen LogP contribution is -2.50. The second-order valence-electron chi connectivity index (χ2n) is 5.04. The van der Waals surface area contributed by atoms with Gasteiger partial charge in [-0.25, -0.2) is 0 Å². The van der Waals surface area contributed by atoms with Crippen LogP contribution in [0.5, 0.6) is 0 Å². The summed E-state index contributed by atoms with van der Waals surface area (Å²) in [6.45, 7) is 2.58. The highest BCUT2D eigenvalue weighted by atomic mass is 16.6. The minimum absolute atomic E-state index is 0.0402. The van der Waals surface area contributed by atoms with Crippen LogP contribution in [0.4, 0.5) is 23.3 Å². The van der Waals surface area contributed by atoms with Crippen molar-refractivity contribution in [3.63, 3.8) is 0 Å². The first-order valence-corrected chi connectivity index (χ1v) is 7.32. The van der Waals surface area contributed by atoms with Crippen LogP contribution in [0.3, 0.4) is 0 Å². The molecule has 10 nitrogen and oxygen atoms in total. The molecule has 0 aromatic carbocycles. The topological polar surface area (TPSA) is 156 Å². The predicted octanol–water partition coefficient (Wildman–Crippen LogP) is -0.398. The maximum Gasteiger partial charge on any atom is 0.353 e. The van der Waals surface area contributed by atoms with Crippen LogP contribution >= 0.6 is 0 Å². The molecule has 1 saturated heterocycles. The average Bonchev–Trinajstić information content (AvgIpc) is 2.97. The molecule has 1 fully saturated rings. The van der Waals surface area contributed by atoms with Crippen LogP contribution in [0.15, 0.2) is 0 Å². The number of aromatic nitrogens is 2. The minimum Gasteiger partial charge on any atom is -0.378 e. The fourth-order valence-corrected chi connectivity index (χ4v) is 2.20. The summed E-state index contributed by atoms with van der Waals surface area (Å²) in [5.74, 6) is 0.225. The van der Waals surface area contributed by atoms with E-state index in [2.05, 4.69) is 26.3 Å². The number of nitrogen functional groups attached to an aromatic ring is 1. The Balaban J connectivity index is 2.12. The lowest BCUT2D eigenvalue weighted by atomic mass is 10.2. The van der Waals surface area contributed by atoms with Crippen molar-refractivity contribution < 1.29 is 15.4 Å². The number of quaternary nitrogens is 1. The van der Waals surface area contributed by atoms with Crippen molar-refractivity contribution in [1.82, 2.24) is 9.97 Å². The fourth-order valence-electron chi connectivity index (χ4n) is 2.20. The zero-order valence-electron chi connectivity index (χ0n) is 12.4. The number of anilines is 3. The number of hydrogen-bond acceptors (Lipinski definition) is 8. The SMILES string of the molecule is Nc1nc(NCCC[NH3+])nc(NC[C@@H]2CCCO2)c1[N+](=O)[O-]. The number of nitrogens with two attached hydrogens (primary N) is 1. The number of hydrogen-bond donors (Lipinski definition) is 4. The highest BCUT2D eigenvalue weighted by Gasteiger charge is 2.24. The van der Waals surface area contributed by atoms with Crippen LogP contribution in [0.1, 0.15) is 19.3 Å². The quantitative estimate of drug-likeness (QED) is 0.287. The van der Waals surface area contributed by atoms with Gasteiger partial charge in [0.1, 0.15) is 0 Å². The number of ether oxygens (including phenoxy) is 1. The molecule has 0 aliphatic carbocycles. The molecule has 1 aliphatic heterocycles. The van der Waals surface area contributed by atoms with Crippen LogP contribution in [0, 0.1) is 10.1 Å². The second kappa shape index (κ2) is 7.71. The third-order valence-electron chi connectivity index (χ3n) is 3.32. The molecule has 2 heterocycles. The third kappa shape index (κ3) is 4.15. The molecule has 0 radical (unpaired) electrons. The van der Waals surface area contributed by atoms with Crippen molar-refractivity contribution >= 4 is 23.3 Å². The van der Waals surface area contributed by atoms with E-state index in [1.165, 1.54) is 0 Å². The molecule has 0 bridgehead atoms. The van der Waals surface area contributed by atoms with Gasteiger partial charge in [0.05, 0.1) is 17.6 Å². The molecule has 2 rings (SSSR count). The lowest BCUT2D eigenvalue weighted by molar-refractivity contribution is -0.383. The smallest absolute Gasteiger partial charge is 0.353 e. The zero-order valence-corrected chi connectivity index (χ0v) is 12.4. The Bertz CT molecular complexity index is 520. The first-order valence-electron chi connectivity index (χ1n) is 7.32. The minimum atomic E-state index is -0.576. The van der Waals surface area contributed by atoms with Crippen molar-refractivity contribution in [3.05, 3.63) is 10.1 Å². The van der Waals surface area contributed by atoms with Crippen LogP contribution in [-0.2, 0) is 4.74 Å². The van der Waals surface area contributed by atoms with Crippen molar-refractivity contribution in [1.29, 1.82) is 0 Å². The summed E-state index contributed by atoms with van der Waals surface area (Å²) in [6, 6.07) is 0. The Kier molecular flexibility index (Phi) is 5.67. The normalized spacial score (nSPS) is 17.4. The third-order valence-corrected chi connectivity index (χ3v) is 3.32. The highest BCUT2D eigenvalue weighted by Crippen LogP contribution is 2.29. The van der Waals surface area contributed by atoms with E-state index in [0.29, 0.717) is 13.1 Å². The molecule has 0 unspecified atom stereocenters. The lowest BCUT2D eigenvalue weighted by Gasteiger charge is -2.13. The van der Waals surface area contributed by atoms with Crippen molar-refractivity contribution in [3.8, 4) is 0 Å².